The van der Waals surface area contributed by atoms with Crippen LogP contribution in [0.25, 0.3) is 0 Å². The van der Waals surface area contributed by atoms with Crippen LogP contribution in [0.3, 0.4) is 0 Å². The zero-order valence-corrected chi connectivity index (χ0v) is 21.2. The van der Waals surface area contributed by atoms with Gasteiger partial charge in [-0.15, -0.1) is 15.8 Å². The first-order valence-electron chi connectivity index (χ1n) is 11.2. The van der Waals surface area contributed by atoms with E-state index in [-0.39, 0.29) is 0 Å². The summed E-state index contributed by atoms with van der Waals surface area (Å²) >= 11 is 0. The van der Waals surface area contributed by atoms with Crippen molar-refractivity contribution in [3.63, 3.8) is 0 Å². The molecule has 0 aliphatic rings. The van der Waals surface area contributed by atoms with Crippen LogP contribution >= 0.6 is 15.8 Å². The Bertz CT molecular complexity index is 286. The Morgan fingerprint density at radius 3 is 0.852 bits per heavy atom. The number of unbranched alkanes of at least 4 members (excludes halogenated alkanes) is 4. The standard InChI is InChI=1S/C19H42P2.2C2H3N/c1-5-9-14-20(15-10-6-2)18-13-19-21(16-11-7-3)17-12-8-4;2*1-2-3/h5-19H2,1-4H3;2*1H3. The minimum absolute atomic E-state index is 0.381. The van der Waals surface area contributed by atoms with Crippen molar-refractivity contribution in [2.75, 3.05) is 37.0 Å². The second-order valence-corrected chi connectivity index (χ2v) is 12.3. The van der Waals surface area contributed by atoms with Crippen LogP contribution in [-0.4, -0.2) is 37.0 Å². The summed E-state index contributed by atoms with van der Waals surface area (Å²) in [6, 6.07) is 3.50. The predicted molar refractivity (Wildman–Crippen MR) is 130 cm³/mol. The third-order valence-corrected chi connectivity index (χ3v) is 9.95. The molecule has 0 N–H and O–H groups in total. The average Bonchev–Trinajstić information content (AvgIpc) is 2.66. The second-order valence-electron chi connectivity index (χ2n) is 6.90. The summed E-state index contributed by atoms with van der Waals surface area (Å²) in [6.07, 6.45) is 22.5. The maximum absolute atomic E-state index is 7.32. The van der Waals surface area contributed by atoms with E-state index in [0.29, 0.717) is 15.8 Å². The third-order valence-electron chi connectivity index (χ3n) is 4.26. The lowest BCUT2D eigenvalue weighted by Crippen LogP contribution is -2.01. The van der Waals surface area contributed by atoms with Crippen molar-refractivity contribution in [1.29, 1.82) is 10.5 Å². The highest BCUT2D eigenvalue weighted by Crippen LogP contribution is 2.43. The molecule has 0 aromatic rings. The monoisotopic (exact) mass is 414 g/mol. The van der Waals surface area contributed by atoms with Gasteiger partial charge in [-0.25, -0.2) is 0 Å². The fourth-order valence-electron chi connectivity index (χ4n) is 2.72. The summed E-state index contributed by atoms with van der Waals surface area (Å²) in [4.78, 5) is 0. The number of hydrogen-bond donors (Lipinski definition) is 0. The van der Waals surface area contributed by atoms with Gasteiger partial charge in [0.1, 0.15) is 0 Å². The van der Waals surface area contributed by atoms with Crippen molar-refractivity contribution in [2.24, 2.45) is 0 Å². The normalized spacial score (nSPS) is 9.70. The molecule has 0 heterocycles. The lowest BCUT2D eigenvalue weighted by Gasteiger charge is -2.21. The summed E-state index contributed by atoms with van der Waals surface area (Å²) in [5.41, 5.74) is 0. The van der Waals surface area contributed by atoms with Crippen LogP contribution in [0, 0.1) is 22.7 Å². The molecular formula is C23H48N2P2. The topological polar surface area (TPSA) is 47.6 Å². The Balaban J connectivity index is -0.000000840. The van der Waals surface area contributed by atoms with E-state index >= 15 is 0 Å². The fraction of sp³-hybridized carbons (Fsp3) is 0.913. The molecule has 0 saturated carbocycles. The van der Waals surface area contributed by atoms with E-state index < -0.39 is 0 Å². The molecule has 0 fully saturated rings. The van der Waals surface area contributed by atoms with Crippen molar-refractivity contribution < 1.29 is 0 Å². The first kappa shape index (κ1) is 31.5. The van der Waals surface area contributed by atoms with Gasteiger partial charge in [0.2, 0.25) is 0 Å². The Hall–Kier alpha value is -0.160. The Morgan fingerprint density at radius 1 is 0.481 bits per heavy atom. The van der Waals surface area contributed by atoms with Crippen molar-refractivity contribution in [1.82, 2.24) is 0 Å². The van der Waals surface area contributed by atoms with E-state index in [2.05, 4.69) is 27.7 Å². The molecule has 0 bridgehead atoms. The lowest BCUT2D eigenvalue weighted by atomic mass is 10.4. The Morgan fingerprint density at radius 2 is 0.667 bits per heavy atom. The lowest BCUT2D eigenvalue weighted by molar-refractivity contribution is 0.857. The summed E-state index contributed by atoms with van der Waals surface area (Å²) < 4.78 is 0. The van der Waals surface area contributed by atoms with Crippen LogP contribution in [0.15, 0.2) is 0 Å². The van der Waals surface area contributed by atoms with E-state index in [1.807, 2.05) is 0 Å². The summed E-state index contributed by atoms with van der Waals surface area (Å²) in [5, 5.41) is 14.6. The van der Waals surface area contributed by atoms with E-state index in [1.165, 1.54) is 65.2 Å². The van der Waals surface area contributed by atoms with Crippen LogP contribution in [0.5, 0.6) is 0 Å². The molecule has 0 rings (SSSR count). The van der Waals surface area contributed by atoms with Gasteiger partial charge < -0.3 is 0 Å². The minimum atomic E-state index is 0.381. The fourth-order valence-corrected chi connectivity index (χ4v) is 8.57. The predicted octanol–water partition coefficient (Wildman–Crippen LogP) is 8.60. The van der Waals surface area contributed by atoms with Gasteiger partial charge in [-0.1, -0.05) is 53.4 Å². The smallest absolute Gasteiger partial charge is 0.0587 e. The average molecular weight is 415 g/mol. The van der Waals surface area contributed by atoms with Gasteiger partial charge in [0.05, 0.1) is 12.1 Å². The summed E-state index contributed by atoms with van der Waals surface area (Å²) in [5.74, 6) is 0. The van der Waals surface area contributed by atoms with Crippen molar-refractivity contribution in [2.45, 2.75) is 99.3 Å². The molecule has 0 aromatic heterocycles. The molecule has 4 heteroatoms. The highest BCUT2D eigenvalue weighted by molar-refractivity contribution is 7.58. The van der Waals surface area contributed by atoms with Gasteiger partial charge >= 0.3 is 0 Å². The molecule has 27 heavy (non-hydrogen) atoms. The summed E-state index contributed by atoms with van der Waals surface area (Å²) in [6.45, 7) is 12.3. The van der Waals surface area contributed by atoms with Crippen molar-refractivity contribution in [3.05, 3.63) is 0 Å². The molecule has 0 spiro atoms. The van der Waals surface area contributed by atoms with E-state index in [4.69, 9.17) is 10.5 Å². The number of nitriles is 2. The van der Waals surface area contributed by atoms with Gasteiger partial charge in [-0.05, 0) is 69.1 Å². The van der Waals surface area contributed by atoms with Gasteiger partial charge in [0, 0.05) is 13.8 Å². The Labute approximate surface area is 175 Å². The molecule has 0 aromatic carbocycles. The highest BCUT2D eigenvalue weighted by Gasteiger charge is 2.10. The number of hydrogen-bond acceptors (Lipinski definition) is 2. The quantitative estimate of drug-likeness (QED) is 0.237. The van der Waals surface area contributed by atoms with Crippen LogP contribution in [0.2, 0.25) is 0 Å². The van der Waals surface area contributed by atoms with Gasteiger partial charge in [0.25, 0.3) is 0 Å². The first-order chi connectivity index (χ1) is 13.1. The van der Waals surface area contributed by atoms with Crippen LogP contribution in [0.1, 0.15) is 99.3 Å². The molecule has 2 nitrogen and oxygen atoms in total. The molecule has 0 radical (unpaired) electrons. The highest BCUT2D eigenvalue weighted by atomic mass is 31.1. The molecule has 160 valence electrons. The first-order valence-corrected chi connectivity index (χ1v) is 15.0. The third kappa shape index (κ3) is 30.8. The zero-order chi connectivity index (χ0) is 21.2. The van der Waals surface area contributed by atoms with Crippen LogP contribution in [0.4, 0.5) is 0 Å². The molecule has 0 saturated heterocycles. The van der Waals surface area contributed by atoms with E-state index in [1.54, 1.807) is 55.5 Å². The second kappa shape index (κ2) is 30.6. The largest absolute Gasteiger partial charge is 0.199 e. The molecule has 0 aliphatic carbocycles. The van der Waals surface area contributed by atoms with Crippen molar-refractivity contribution in [3.8, 4) is 12.1 Å². The number of rotatable bonds is 16. The van der Waals surface area contributed by atoms with E-state index in [0.717, 1.165) is 0 Å². The van der Waals surface area contributed by atoms with Gasteiger partial charge in [-0.2, -0.15) is 10.5 Å². The van der Waals surface area contributed by atoms with Gasteiger partial charge in [0.15, 0.2) is 0 Å². The minimum Gasteiger partial charge on any atom is -0.199 e. The molecule has 0 atom stereocenters. The molecule has 0 unspecified atom stereocenters. The molecule has 0 aliphatic heterocycles. The maximum Gasteiger partial charge on any atom is 0.0587 e. The Kier molecular flexibility index (Phi) is 35.7. The summed E-state index contributed by atoms with van der Waals surface area (Å²) in [7, 11) is 0.763. The number of nitrogens with zero attached hydrogens (tertiary/aromatic N) is 2. The van der Waals surface area contributed by atoms with Crippen LogP contribution in [-0.2, 0) is 0 Å². The molecule has 0 amide bonds. The zero-order valence-electron chi connectivity index (χ0n) is 19.4. The van der Waals surface area contributed by atoms with Crippen LogP contribution < -0.4 is 0 Å². The SMILES string of the molecule is CC#N.CC#N.CCCCP(CCCC)CCCP(CCCC)CCCC. The van der Waals surface area contributed by atoms with E-state index in [9.17, 15) is 0 Å². The molecular weight excluding hydrogens is 366 g/mol. The van der Waals surface area contributed by atoms with Gasteiger partial charge in [-0.3, -0.25) is 0 Å². The van der Waals surface area contributed by atoms with Crippen molar-refractivity contribution >= 4 is 15.8 Å². The maximum atomic E-state index is 7.32.